The van der Waals surface area contributed by atoms with E-state index in [2.05, 4.69) is 9.97 Å². The quantitative estimate of drug-likeness (QED) is 0.698. The molecule has 3 heterocycles. The van der Waals surface area contributed by atoms with Crippen LogP contribution in [-0.2, 0) is 4.74 Å². The molecule has 4 rings (SSSR count). The molecule has 0 N–H and O–H groups in total. The van der Waals surface area contributed by atoms with E-state index in [4.69, 9.17) is 4.74 Å². The summed E-state index contributed by atoms with van der Waals surface area (Å²) in [7, 11) is 0. The lowest BCUT2D eigenvalue weighted by Crippen LogP contribution is -2.50. The van der Waals surface area contributed by atoms with Gasteiger partial charge in [0, 0.05) is 50.3 Å². The number of rotatable bonds is 3. The molecule has 1 aliphatic rings. The maximum atomic E-state index is 12.9. The van der Waals surface area contributed by atoms with E-state index in [1.54, 1.807) is 35.3 Å². The minimum atomic E-state index is -0.332. The second kappa shape index (κ2) is 7.67. The highest BCUT2D eigenvalue weighted by Gasteiger charge is 2.27. The van der Waals surface area contributed by atoms with E-state index in [0.29, 0.717) is 44.1 Å². The van der Waals surface area contributed by atoms with Crippen molar-refractivity contribution in [3.05, 3.63) is 54.6 Å². The summed E-state index contributed by atoms with van der Waals surface area (Å²) < 4.78 is 6.83. The molecular formula is C20H21N5O3. The van der Waals surface area contributed by atoms with Crippen LogP contribution in [0.2, 0.25) is 0 Å². The zero-order valence-electron chi connectivity index (χ0n) is 15.6. The molecule has 28 heavy (non-hydrogen) atoms. The lowest BCUT2D eigenvalue weighted by atomic mass is 10.1. The molecule has 1 saturated heterocycles. The minimum Gasteiger partial charge on any atom is -0.450 e. The van der Waals surface area contributed by atoms with Gasteiger partial charge in [0.25, 0.3) is 5.91 Å². The fraction of sp³-hybridized carbons (Fsp3) is 0.300. The van der Waals surface area contributed by atoms with E-state index in [1.807, 2.05) is 34.7 Å². The number of fused-ring (bicyclic) bond motifs is 1. The van der Waals surface area contributed by atoms with Gasteiger partial charge in [-0.3, -0.25) is 9.78 Å². The first-order valence-corrected chi connectivity index (χ1v) is 9.27. The summed E-state index contributed by atoms with van der Waals surface area (Å²) in [5.41, 5.74) is 2.69. The zero-order valence-corrected chi connectivity index (χ0v) is 15.6. The van der Waals surface area contributed by atoms with Gasteiger partial charge in [0.05, 0.1) is 6.61 Å². The standard InChI is InChI=1S/C20H21N5O3/c1-2-28-20(27)24-12-10-23(11-13-24)19(26)16-14-25-9-8-21-17(18(25)22-16)15-6-4-3-5-7-15/h3-9,14H,2,10-13H2,1H3. The van der Waals surface area contributed by atoms with Crippen LogP contribution in [0.25, 0.3) is 16.9 Å². The van der Waals surface area contributed by atoms with E-state index in [1.165, 1.54) is 0 Å². The number of ether oxygens (including phenoxy) is 1. The third kappa shape index (κ3) is 3.40. The van der Waals surface area contributed by atoms with Gasteiger partial charge >= 0.3 is 6.09 Å². The number of carbonyl (C=O) groups excluding carboxylic acids is 2. The van der Waals surface area contributed by atoms with E-state index < -0.39 is 0 Å². The topological polar surface area (TPSA) is 80.0 Å². The van der Waals surface area contributed by atoms with E-state index in [-0.39, 0.29) is 12.0 Å². The smallest absolute Gasteiger partial charge is 0.409 e. The van der Waals surface area contributed by atoms with Gasteiger partial charge in [0.2, 0.25) is 0 Å². The van der Waals surface area contributed by atoms with Crippen molar-refractivity contribution in [1.82, 2.24) is 24.2 Å². The lowest BCUT2D eigenvalue weighted by molar-refractivity contribution is 0.0566. The number of nitrogens with zero attached hydrogens (tertiary/aromatic N) is 5. The largest absolute Gasteiger partial charge is 0.450 e. The highest BCUT2D eigenvalue weighted by atomic mass is 16.6. The number of hydrogen-bond acceptors (Lipinski definition) is 5. The van der Waals surface area contributed by atoms with Gasteiger partial charge in [-0.15, -0.1) is 0 Å². The van der Waals surface area contributed by atoms with Crippen molar-refractivity contribution in [2.75, 3.05) is 32.8 Å². The summed E-state index contributed by atoms with van der Waals surface area (Å²) >= 11 is 0. The molecule has 0 spiro atoms. The van der Waals surface area contributed by atoms with Crippen LogP contribution in [0, 0.1) is 0 Å². The molecule has 2 amide bonds. The predicted molar refractivity (Wildman–Crippen MR) is 103 cm³/mol. The third-order valence-corrected chi connectivity index (χ3v) is 4.73. The molecule has 0 radical (unpaired) electrons. The van der Waals surface area contributed by atoms with Crippen LogP contribution in [0.5, 0.6) is 0 Å². The summed E-state index contributed by atoms with van der Waals surface area (Å²) in [6.45, 7) is 3.94. The van der Waals surface area contributed by atoms with Crippen molar-refractivity contribution >= 4 is 17.6 Å². The molecule has 1 aliphatic heterocycles. The normalized spacial score (nSPS) is 14.3. The molecule has 0 unspecified atom stereocenters. The Labute approximate surface area is 162 Å². The Morgan fingerprint density at radius 1 is 1.07 bits per heavy atom. The van der Waals surface area contributed by atoms with Crippen molar-refractivity contribution < 1.29 is 14.3 Å². The summed E-state index contributed by atoms with van der Waals surface area (Å²) in [5.74, 6) is -0.147. The van der Waals surface area contributed by atoms with Gasteiger partial charge in [-0.1, -0.05) is 30.3 Å². The van der Waals surface area contributed by atoms with Gasteiger partial charge in [-0.05, 0) is 6.92 Å². The highest BCUT2D eigenvalue weighted by Crippen LogP contribution is 2.22. The molecule has 0 atom stereocenters. The van der Waals surface area contributed by atoms with Gasteiger partial charge in [-0.25, -0.2) is 9.78 Å². The number of imidazole rings is 1. The Morgan fingerprint density at radius 2 is 1.79 bits per heavy atom. The summed E-state index contributed by atoms with van der Waals surface area (Å²) in [4.78, 5) is 37.1. The Morgan fingerprint density at radius 3 is 2.50 bits per heavy atom. The molecule has 0 saturated carbocycles. The van der Waals surface area contributed by atoms with Crippen LogP contribution in [0.3, 0.4) is 0 Å². The third-order valence-electron chi connectivity index (χ3n) is 4.73. The fourth-order valence-corrected chi connectivity index (χ4v) is 3.29. The Bertz CT molecular complexity index is 994. The number of piperazine rings is 1. The molecule has 144 valence electrons. The molecular weight excluding hydrogens is 358 g/mol. The Hall–Kier alpha value is -3.42. The monoisotopic (exact) mass is 379 g/mol. The van der Waals surface area contributed by atoms with Crippen LogP contribution >= 0.6 is 0 Å². The van der Waals surface area contributed by atoms with Gasteiger partial charge in [-0.2, -0.15) is 0 Å². The second-order valence-electron chi connectivity index (χ2n) is 6.48. The van der Waals surface area contributed by atoms with Crippen LogP contribution in [0.15, 0.2) is 48.9 Å². The average molecular weight is 379 g/mol. The van der Waals surface area contributed by atoms with Crippen molar-refractivity contribution in [1.29, 1.82) is 0 Å². The van der Waals surface area contributed by atoms with Crippen LogP contribution in [0.4, 0.5) is 4.79 Å². The number of aromatic nitrogens is 3. The maximum Gasteiger partial charge on any atom is 0.409 e. The number of benzene rings is 1. The molecule has 3 aromatic rings. The molecule has 2 aromatic heterocycles. The van der Waals surface area contributed by atoms with Crippen LogP contribution in [0.1, 0.15) is 17.4 Å². The predicted octanol–water partition coefficient (Wildman–Crippen LogP) is 2.31. The van der Waals surface area contributed by atoms with Crippen molar-refractivity contribution in [2.45, 2.75) is 6.92 Å². The van der Waals surface area contributed by atoms with E-state index in [0.717, 1.165) is 11.3 Å². The van der Waals surface area contributed by atoms with Gasteiger partial charge in [0.15, 0.2) is 5.65 Å². The second-order valence-corrected chi connectivity index (χ2v) is 6.48. The molecule has 0 aliphatic carbocycles. The number of carbonyl (C=O) groups is 2. The van der Waals surface area contributed by atoms with Gasteiger partial charge in [0.1, 0.15) is 11.4 Å². The summed E-state index contributed by atoms with van der Waals surface area (Å²) in [6, 6.07) is 9.76. The zero-order chi connectivity index (χ0) is 19.5. The summed E-state index contributed by atoms with van der Waals surface area (Å²) in [6.07, 6.45) is 4.87. The molecule has 8 heteroatoms. The Kier molecular flexibility index (Phi) is 4.92. The van der Waals surface area contributed by atoms with E-state index in [9.17, 15) is 9.59 Å². The number of hydrogen-bond donors (Lipinski definition) is 0. The van der Waals surface area contributed by atoms with Crippen LogP contribution in [-0.4, -0.2) is 69.0 Å². The molecule has 1 aromatic carbocycles. The fourth-order valence-electron chi connectivity index (χ4n) is 3.29. The maximum absolute atomic E-state index is 12.9. The Balaban J connectivity index is 1.54. The summed E-state index contributed by atoms with van der Waals surface area (Å²) in [5, 5.41) is 0. The van der Waals surface area contributed by atoms with E-state index >= 15 is 0 Å². The molecule has 1 fully saturated rings. The minimum absolute atomic E-state index is 0.147. The molecule has 8 nitrogen and oxygen atoms in total. The first-order valence-electron chi connectivity index (χ1n) is 9.27. The molecule has 0 bridgehead atoms. The van der Waals surface area contributed by atoms with Gasteiger partial charge < -0.3 is 18.9 Å². The van der Waals surface area contributed by atoms with Crippen molar-refractivity contribution in [3.8, 4) is 11.3 Å². The average Bonchev–Trinajstić information content (AvgIpc) is 3.18. The van der Waals surface area contributed by atoms with Crippen molar-refractivity contribution in [2.24, 2.45) is 0 Å². The first-order chi connectivity index (χ1) is 13.7. The highest BCUT2D eigenvalue weighted by molar-refractivity contribution is 5.93. The first kappa shape index (κ1) is 18.0. The lowest BCUT2D eigenvalue weighted by Gasteiger charge is -2.33. The van der Waals surface area contributed by atoms with Crippen LogP contribution < -0.4 is 0 Å². The SMILES string of the molecule is CCOC(=O)N1CCN(C(=O)c2cn3ccnc(-c4ccccc4)c3n2)CC1. The number of amides is 2. The van der Waals surface area contributed by atoms with Crippen molar-refractivity contribution in [3.63, 3.8) is 0 Å².